The van der Waals surface area contributed by atoms with Crippen molar-refractivity contribution in [1.29, 1.82) is 0 Å². The molecule has 1 heterocycles. The van der Waals surface area contributed by atoms with Crippen molar-refractivity contribution < 1.29 is 0 Å². The van der Waals surface area contributed by atoms with Gasteiger partial charge in [-0.15, -0.1) is 11.3 Å². The number of benzene rings is 5. The highest BCUT2D eigenvalue weighted by Gasteiger charge is 2.22. The van der Waals surface area contributed by atoms with E-state index >= 15 is 0 Å². The highest BCUT2D eigenvalue weighted by Crippen LogP contribution is 2.45. The summed E-state index contributed by atoms with van der Waals surface area (Å²) in [4.78, 5) is 4.88. The number of nitrogens with zero attached hydrogens (tertiary/aromatic N) is 1. The van der Waals surface area contributed by atoms with Crippen molar-refractivity contribution >= 4 is 43.3 Å². The lowest BCUT2D eigenvalue weighted by atomic mass is 9.83. The van der Waals surface area contributed by atoms with Crippen molar-refractivity contribution in [3.05, 3.63) is 139 Å². The molecule has 6 aromatic rings. The van der Waals surface area contributed by atoms with Crippen LogP contribution in [0, 0.1) is 0 Å². The minimum absolute atomic E-state index is 0.725. The highest BCUT2D eigenvalue weighted by atomic mass is 32.1. The van der Waals surface area contributed by atoms with Crippen LogP contribution in [-0.2, 0) is 0 Å². The summed E-state index contributed by atoms with van der Waals surface area (Å²) in [6.07, 6.45) is 4.24. The molecule has 1 aliphatic rings. The van der Waals surface area contributed by atoms with Crippen molar-refractivity contribution in [2.45, 2.75) is 6.92 Å². The quantitative estimate of drug-likeness (QED) is 0.220. The van der Waals surface area contributed by atoms with Gasteiger partial charge in [0.2, 0.25) is 0 Å². The SMILES string of the molecule is C=C1C=Cc2cccc(-c3ccccc3-c3cccc4sc5cc(-c6ccccc6)ccc5c34)c2C1=NCC. The molecule has 0 unspecified atom stereocenters. The minimum Gasteiger partial charge on any atom is -0.284 e. The predicted molar refractivity (Wildman–Crippen MR) is 171 cm³/mol. The van der Waals surface area contributed by atoms with Gasteiger partial charge < -0.3 is 0 Å². The molecule has 0 saturated heterocycles. The van der Waals surface area contributed by atoms with Crippen LogP contribution in [0.4, 0.5) is 0 Å². The zero-order valence-electron chi connectivity index (χ0n) is 21.8. The van der Waals surface area contributed by atoms with Gasteiger partial charge in [-0.25, -0.2) is 0 Å². The van der Waals surface area contributed by atoms with Gasteiger partial charge in [0.1, 0.15) is 0 Å². The fourth-order valence-corrected chi connectivity index (χ4v) is 6.95. The molecule has 39 heavy (non-hydrogen) atoms. The number of hydrogen-bond acceptors (Lipinski definition) is 2. The van der Waals surface area contributed by atoms with Crippen LogP contribution in [0.15, 0.2) is 132 Å². The third-order valence-electron chi connectivity index (χ3n) is 7.53. The summed E-state index contributed by atoms with van der Waals surface area (Å²) >= 11 is 1.87. The Bertz CT molecular complexity index is 1950. The van der Waals surface area contributed by atoms with Gasteiger partial charge in [-0.05, 0) is 63.6 Å². The van der Waals surface area contributed by atoms with E-state index in [1.807, 2.05) is 11.3 Å². The summed E-state index contributed by atoms with van der Waals surface area (Å²) in [5.74, 6) is 0. The number of thiophene rings is 1. The Morgan fingerprint density at radius 1 is 0.641 bits per heavy atom. The molecule has 0 saturated carbocycles. The first-order valence-electron chi connectivity index (χ1n) is 13.4. The molecule has 5 aromatic carbocycles. The largest absolute Gasteiger partial charge is 0.284 e. The molecule has 1 nitrogen and oxygen atoms in total. The molecule has 0 amide bonds. The lowest BCUT2D eigenvalue weighted by Gasteiger charge is -2.21. The summed E-state index contributed by atoms with van der Waals surface area (Å²) in [6.45, 7) is 7.12. The van der Waals surface area contributed by atoms with Crippen LogP contribution in [0.1, 0.15) is 18.1 Å². The molecule has 0 atom stereocenters. The van der Waals surface area contributed by atoms with Crippen LogP contribution >= 0.6 is 11.3 Å². The Kier molecular flexibility index (Phi) is 5.83. The first-order chi connectivity index (χ1) is 19.2. The predicted octanol–water partition coefficient (Wildman–Crippen LogP) is 10.4. The Labute approximate surface area is 233 Å². The Hall–Kier alpha value is -4.53. The zero-order chi connectivity index (χ0) is 26.3. The van der Waals surface area contributed by atoms with E-state index < -0.39 is 0 Å². The van der Waals surface area contributed by atoms with Crippen molar-refractivity contribution in [1.82, 2.24) is 0 Å². The van der Waals surface area contributed by atoms with Crippen molar-refractivity contribution in [3.63, 3.8) is 0 Å². The molecule has 1 aliphatic carbocycles. The van der Waals surface area contributed by atoms with Crippen LogP contribution in [0.2, 0.25) is 0 Å². The third-order valence-corrected chi connectivity index (χ3v) is 8.65. The van der Waals surface area contributed by atoms with E-state index in [0.717, 1.165) is 17.8 Å². The average molecular weight is 518 g/mol. The molecule has 0 radical (unpaired) electrons. The van der Waals surface area contributed by atoms with E-state index in [1.54, 1.807) is 0 Å². The third kappa shape index (κ3) is 3.96. The monoisotopic (exact) mass is 517 g/mol. The van der Waals surface area contributed by atoms with E-state index in [4.69, 9.17) is 4.99 Å². The molecule has 0 fully saturated rings. The van der Waals surface area contributed by atoms with Gasteiger partial charge in [-0.3, -0.25) is 4.99 Å². The average Bonchev–Trinajstić information content (AvgIpc) is 3.37. The number of aliphatic imine (C=N–C) groups is 1. The van der Waals surface area contributed by atoms with Gasteiger partial charge in [-0.1, -0.05) is 116 Å². The van der Waals surface area contributed by atoms with E-state index in [1.165, 1.54) is 64.7 Å². The molecule has 0 N–H and O–H groups in total. The van der Waals surface area contributed by atoms with Gasteiger partial charge in [0, 0.05) is 32.3 Å². The number of rotatable bonds is 4. The van der Waals surface area contributed by atoms with Gasteiger partial charge in [-0.2, -0.15) is 0 Å². The maximum atomic E-state index is 4.88. The second-order valence-electron chi connectivity index (χ2n) is 9.85. The standard InChI is InChI=1S/C37H27NS/c1-3-38-37-24(2)19-20-26-13-9-16-30(35(26)37)28-14-7-8-15-29(28)31-17-10-18-33-36(31)32-22-21-27(23-34(32)39-33)25-11-5-4-6-12-25/h4-23H,2-3H2,1H3. The van der Waals surface area contributed by atoms with Crippen molar-refractivity contribution in [2.75, 3.05) is 6.54 Å². The van der Waals surface area contributed by atoms with E-state index in [0.29, 0.717) is 0 Å². The lowest BCUT2D eigenvalue weighted by Crippen LogP contribution is -2.11. The maximum absolute atomic E-state index is 4.88. The van der Waals surface area contributed by atoms with Crippen LogP contribution in [0.5, 0.6) is 0 Å². The van der Waals surface area contributed by atoms with E-state index in [9.17, 15) is 0 Å². The number of fused-ring (bicyclic) bond motifs is 4. The van der Waals surface area contributed by atoms with Crippen molar-refractivity contribution in [3.8, 4) is 33.4 Å². The molecular weight excluding hydrogens is 490 g/mol. The van der Waals surface area contributed by atoms with Crippen LogP contribution in [0.3, 0.4) is 0 Å². The normalized spacial score (nSPS) is 13.9. The fraction of sp³-hybridized carbons (Fsp3) is 0.0541. The first-order valence-corrected chi connectivity index (χ1v) is 14.2. The molecule has 0 aliphatic heterocycles. The number of allylic oxidation sites excluding steroid dienone is 2. The van der Waals surface area contributed by atoms with Gasteiger partial charge in [0.25, 0.3) is 0 Å². The van der Waals surface area contributed by atoms with E-state index in [2.05, 4.69) is 135 Å². The Morgan fingerprint density at radius 3 is 2.18 bits per heavy atom. The summed E-state index contributed by atoms with van der Waals surface area (Å²) in [7, 11) is 0. The number of hydrogen-bond donors (Lipinski definition) is 0. The lowest BCUT2D eigenvalue weighted by molar-refractivity contribution is 1.13. The molecule has 186 valence electrons. The zero-order valence-corrected chi connectivity index (χ0v) is 22.6. The Balaban J connectivity index is 1.46. The van der Waals surface area contributed by atoms with Crippen LogP contribution in [0.25, 0.3) is 59.6 Å². The molecule has 0 bridgehead atoms. The van der Waals surface area contributed by atoms with Crippen LogP contribution in [-0.4, -0.2) is 12.3 Å². The summed E-state index contributed by atoms with van der Waals surface area (Å²) in [6, 6.07) is 39.6. The van der Waals surface area contributed by atoms with E-state index in [-0.39, 0.29) is 0 Å². The summed E-state index contributed by atoms with van der Waals surface area (Å²) in [5, 5.41) is 2.63. The molecule has 7 rings (SSSR count). The minimum atomic E-state index is 0.725. The first kappa shape index (κ1) is 23.6. The molecule has 2 heteroatoms. The smallest absolute Gasteiger partial charge is 0.0725 e. The van der Waals surface area contributed by atoms with Crippen molar-refractivity contribution in [2.24, 2.45) is 4.99 Å². The second kappa shape index (κ2) is 9.65. The topological polar surface area (TPSA) is 12.4 Å². The summed E-state index contributed by atoms with van der Waals surface area (Å²) < 4.78 is 2.62. The molecule has 0 spiro atoms. The van der Waals surface area contributed by atoms with Gasteiger partial charge in [0.05, 0.1) is 5.71 Å². The molecular formula is C37H27NS. The highest BCUT2D eigenvalue weighted by molar-refractivity contribution is 7.26. The summed E-state index contributed by atoms with van der Waals surface area (Å²) in [5.41, 5.74) is 11.7. The van der Waals surface area contributed by atoms with Gasteiger partial charge in [0.15, 0.2) is 0 Å². The maximum Gasteiger partial charge on any atom is 0.0725 e. The van der Waals surface area contributed by atoms with Crippen LogP contribution < -0.4 is 0 Å². The van der Waals surface area contributed by atoms with Gasteiger partial charge >= 0.3 is 0 Å². The Morgan fingerprint density at radius 2 is 1.36 bits per heavy atom. The second-order valence-corrected chi connectivity index (χ2v) is 10.9. The fourth-order valence-electron chi connectivity index (χ4n) is 5.78. The molecule has 1 aromatic heterocycles.